The summed E-state index contributed by atoms with van der Waals surface area (Å²) in [6, 6.07) is 1.70. The van der Waals surface area contributed by atoms with Gasteiger partial charge in [-0.05, 0) is 25.8 Å². The predicted octanol–water partition coefficient (Wildman–Crippen LogP) is 1.12. The van der Waals surface area contributed by atoms with E-state index in [0.717, 1.165) is 17.5 Å². The zero-order valence-electron chi connectivity index (χ0n) is 14.3. The van der Waals surface area contributed by atoms with Crippen molar-refractivity contribution in [2.24, 2.45) is 5.92 Å². The summed E-state index contributed by atoms with van der Waals surface area (Å²) in [5.74, 6) is -1.61. The summed E-state index contributed by atoms with van der Waals surface area (Å²) in [5.41, 5.74) is 0.696. The van der Waals surface area contributed by atoms with E-state index in [0.29, 0.717) is 11.3 Å². The molecule has 2 heterocycles. The van der Waals surface area contributed by atoms with Crippen molar-refractivity contribution in [2.75, 3.05) is 11.9 Å². The second-order valence-electron chi connectivity index (χ2n) is 6.25. The smallest absolute Gasteiger partial charge is 0.313 e. The lowest BCUT2D eigenvalue weighted by molar-refractivity contribution is -0.137. The van der Waals surface area contributed by atoms with Crippen molar-refractivity contribution in [1.82, 2.24) is 20.5 Å². The Labute approximate surface area is 140 Å². The first-order valence-electron chi connectivity index (χ1n) is 7.87. The molecule has 0 unspecified atom stereocenters. The monoisotopic (exact) mass is 333 g/mol. The minimum Gasteiger partial charge on any atom is -0.388 e. The van der Waals surface area contributed by atoms with Crippen LogP contribution in [-0.4, -0.2) is 44.2 Å². The van der Waals surface area contributed by atoms with E-state index in [9.17, 15) is 14.7 Å². The van der Waals surface area contributed by atoms with Gasteiger partial charge in [0.05, 0.1) is 17.5 Å². The molecule has 0 aliphatic heterocycles. The number of anilines is 1. The number of nitrogens with one attached hydrogen (secondary N) is 3. The number of carbonyl (C=O) groups excluding carboxylic acids is 2. The number of amides is 2. The van der Waals surface area contributed by atoms with Crippen molar-refractivity contribution in [3.05, 3.63) is 18.0 Å². The Kier molecular flexibility index (Phi) is 5.18. The van der Waals surface area contributed by atoms with E-state index in [-0.39, 0.29) is 12.5 Å². The molecule has 0 saturated carbocycles. The van der Waals surface area contributed by atoms with E-state index in [4.69, 9.17) is 0 Å². The van der Waals surface area contributed by atoms with Crippen molar-refractivity contribution in [1.29, 1.82) is 0 Å². The maximum absolute atomic E-state index is 12.0. The Balaban J connectivity index is 1.98. The number of rotatable bonds is 5. The van der Waals surface area contributed by atoms with Gasteiger partial charge in [0.1, 0.15) is 0 Å². The molecular weight excluding hydrogens is 310 g/mol. The van der Waals surface area contributed by atoms with Crippen LogP contribution >= 0.6 is 0 Å². The number of H-pyrrole nitrogens is 1. The number of hydrogen-bond acceptors (Lipinski definition) is 5. The van der Waals surface area contributed by atoms with Crippen molar-refractivity contribution < 1.29 is 14.7 Å². The molecule has 4 N–H and O–H groups in total. The van der Waals surface area contributed by atoms with Gasteiger partial charge in [0.2, 0.25) is 0 Å². The van der Waals surface area contributed by atoms with Crippen molar-refractivity contribution >= 4 is 28.5 Å². The largest absolute Gasteiger partial charge is 0.388 e. The molecule has 0 aromatic carbocycles. The molecule has 130 valence electrons. The average molecular weight is 333 g/mol. The third kappa shape index (κ3) is 3.88. The SMILES string of the molecule is CC[C@H](C)[C@](C)(O)CNC(=O)C(=O)Nc1cnc2n[nH]c(C)c2c1. The Morgan fingerprint density at radius 3 is 2.79 bits per heavy atom. The molecule has 8 nitrogen and oxygen atoms in total. The maximum Gasteiger partial charge on any atom is 0.313 e. The maximum atomic E-state index is 12.0. The average Bonchev–Trinajstić information content (AvgIpc) is 2.92. The number of aromatic nitrogens is 3. The molecule has 2 aromatic rings. The summed E-state index contributed by atoms with van der Waals surface area (Å²) in [7, 11) is 0. The fourth-order valence-corrected chi connectivity index (χ4v) is 2.23. The number of nitrogens with zero attached hydrogens (tertiary/aromatic N) is 2. The summed E-state index contributed by atoms with van der Waals surface area (Å²) >= 11 is 0. The number of fused-ring (bicyclic) bond motifs is 1. The number of pyridine rings is 1. The van der Waals surface area contributed by atoms with Gasteiger partial charge in [-0.1, -0.05) is 20.3 Å². The van der Waals surface area contributed by atoms with Crippen molar-refractivity contribution in [3.63, 3.8) is 0 Å². The lowest BCUT2D eigenvalue weighted by Gasteiger charge is -2.29. The van der Waals surface area contributed by atoms with Gasteiger partial charge in [-0.2, -0.15) is 5.10 Å². The summed E-state index contributed by atoms with van der Waals surface area (Å²) in [4.78, 5) is 28.0. The number of carbonyl (C=O) groups is 2. The number of aryl methyl sites for hydroxylation is 1. The van der Waals surface area contributed by atoms with Gasteiger partial charge in [-0.15, -0.1) is 0 Å². The van der Waals surface area contributed by atoms with Gasteiger partial charge >= 0.3 is 11.8 Å². The fourth-order valence-electron chi connectivity index (χ4n) is 2.23. The van der Waals surface area contributed by atoms with Crippen LogP contribution in [0.4, 0.5) is 5.69 Å². The summed E-state index contributed by atoms with van der Waals surface area (Å²) in [6.07, 6.45) is 2.20. The molecular formula is C16H23N5O3. The molecule has 0 aliphatic carbocycles. The minimum absolute atomic E-state index is 0.00321. The number of hydrogen-bond donors (Lipinski definition) is 4. The molecule has 2 rings (SSSR count). The minimum atomic E-state index is -1.07. The molecule has 2 aromatic heterocycles. The van der Waals surface area contributed by atoms with Crippen LogP contribution in [0.15, 0.2) is 12.3 Å². The zero-order valence-corrected chi connectivity index (χ0v) is 14.3. The molecule has 2 amide bonds. The van der Waals surface area contributed by atoms with E-state index in [2.05, 4.69) is 25.8 Å². The molecule has 24 heavy (non-hydrogen) atoms. The first-order valence-corrected chi connectivity index (χ1v) is 7.87. The second kappa shape index (κ2) is 6.96. The van der Waals surface area contributed by atoms with E-state index in [1.807, 2.05) is 20.8 Å². The Morgan fingerprint density at radius 2 is 2.12 bits per heavy atom. The van der Waals surface area contributed by atoms with Gasteiger partial charge in [-0.25, -0.2) is 4.98 Å². The van der Waals surface area contributed by atoms with Gasteiger partial charge in [0, 0.05) is 17.6 Å². The zero-order chi connectivity index (χ0) is 17.9. The molecule has 0 fully saturated rings. The van der Waals surface area contributed by atoms with Gasteiger partial charge in [0.25, 0.3) is 0 Å². The highest BCUT2D eigenvalue weighted by molar-refractivity contribution is 6.39. The number of aliphatic hydroxyl groups is 1. The van der Waals surface area contributed by atoms with E-state index < -0.39 is 17.4 Å². The van der Waals surface area contributed by atoms with Gasteiger partial charge in [-0.3, -0.25) is 14.7 Å². The normalized spacial score (nSPS) is 14.9. The third-order valence-electron chi connectivity index (χ3n) is 4.35. The summed E-state index contributed by atoms with van der Waals surface area (Å²) in [6.45, 7) is 7.33. The predicted molar refractivity (Wildman–Crippen MR) is 90.3 cm³/mol. The summed E-state index contributed by atoms with van der Waals surface area (Å²) < 4.78 is 0. The Bertz CT molecular complexity index is 753. The standard InChI is InChI=1S/C16H23N5O3/c1-5-9(2)16(4,24)8-18-14(22)15(23)19-11-6-12-10(3)20-21-13(12)17-7-11/h6-7,9,24H,5,8H2,1-4H3,(H,18,22)(H,19,23)(H,17,20,21)/t9-,16+/m0/s1. The van der Waals surface area contributed by atoms with Crippen LogP contribution in [0.2, 0.25) is 0 Å². The van der Waals surface area contributed by atoms with Crippen LogP contribution in [0, 0.1) is 12.8 Å². The quantitative estimate of drug-likeness (QED) is 0.611. The van der Waals surface area contributed by atoms with Crippen LogP contribution in [0.25, 0.3) is 11.0 Å². The van der Waals surface area contributed by atoms with Crippen LogP contribution < -0.4 is 10.6 Å². The van der Waals surface area contributed by atoms with Crippen LogP contribution in [0.3, 0.4) is 0 Å². The molecule has 0 aliphatic rings. The number of aromatic amines is 1. The van der Waals surface area contributed by atoms with Gasteiger partial charge in [0.15, 0.2) is 5.65 Å². The first-order chi connectivity index (χ1) is 11.2. The van der Waals surface area contributed by atoms with E-state index in [1.165, 1.54) is 6.20 Å². The highest BCUT2D eigenvalue weighted by Gasteiger charge is 2.28. The Morgan fingerprint density at radius 1 is 1.42 bits per heavy atom. The lowest BCUT2D eigenvalue weighted by atomic mass is 9.89. The Hall–Kier alpha value is -2.48. The summed E-state index contributed by atoms with van der Waals surface area (Å²) in [5, 5.41) is 22.8. The van der Waals surface area contributed by atoms with E-state index >= 15 is 0 Å². The third-order valence-corrected chi connectivity index (χ3v) is 4.35. The molecule has 0 spiro atoms. The van der Waals surface area contributed by atoms with E-state index in [1.54, 1.807) is 13.0 Å². The van der Waals surface area contributed by atoms with Crippen LogP contribution in [-0.2, 0) is 9.59 Å². The van der Waals surface area contributed by atoms with Crippen molar-refractivity contribution in [3.8, 4) is 0 Å². The first kappa shape index (κ1) is 17.9. The van der Waals surface area contributed by atoms with Gasteiger partial charge < -0.3 is 15.7 Å². The highest BCUT2D eigenvalue weighted by atomic mass is 16.3. The fraction of sp³-hybridized carbons (Fsp3) is 0.500. The molecule has 0 bridgehead atoms. The topological polar surface area (TPSA) is 120 Å². The highest BCUT2D eigenvalue weighted by Crippen LogP contribution is 2.19. The molecule has 8 heteroatoms. The van der Waals surface area contributed by atoms with Crippen LogP contribution in [0.5, 0.6) is 0 Å². The molecule has 0 radical (unpaired) electrons. The van der Waals surface area contributed by atoms with Crippen LogP contribution in [0.1, 0.15) is 32.9 Å². The second-order valence-corrected chi connectivity index (χ2v) is 6.25. The lowest BCUT2D eigenvalue weighted by Crippen LogP contribution is -2.47. The van der Waals surface area contributed by atoms with Crippen molar-refractivity contribution in [2.45, 2.75) is 39.7 Å². The molecule has 0 saturated heterocycles. The molecule has 2 atom stereocenters.